The Morgan fingerprint density at radius 1 is 0.907 bits per heavy atom. The van der Waals surface area contributed by atoms with E-state index in [1.54, 1.807) is 42.5 Å². The minimum atomic E-state index is -4.02. The van der Waals surface area contributed by atoms with E-state index in [2.05, 4.69) is 5.32 Å². The molecule has 230 valence electrons. The summed E-state index contributed by atoms with van der Waals surface area (Å²) in [7, 11) is -6.14. The first-order chi connectivity index (χ1) is 20.6. The summed E-state index contributed by atoms with van der Waals surface area (Å²) in [4.78, 5) is 13.3. The van der Waals surface area contributed by atoms with Gasteiger partial charge in [-0.1, -0.05) is 6.07 Å². The molecule has 12 nitrogen and oxygen atoms in total. The maximum Gasteiger partial charge on any atom is 0.264 e. The molecule has 0 aromatic heterocycles. The molecule has 1 N–H and O–H groups in total. The Bertz CT molecular complexity index is 1660. The SMILES string of the molecule is COc1ccc(S(=O)(=O)N2CC(C(=O)NCCOc3ccc(S(=O)(=O)N4CCOCC4)cc3)Oc3cc(C)ccc32)cc1. The first kappa shape index (κ1) is 30.6. The molecule has 0 spiro atoms. The Balaban J connectivity index is 1.21. The number of carbonyl (C=O) groups is 1. The smallest absolute Gasteiger partial charge is 0.264 e. The molecule has 0 radical (unpaired) electrons. The molecule has 3 aromatic carbocycles. The van der Waals surface area contributed by atoms with Crippen molar-refractivity contribution in [2.45, 2.75) is 22.8 Å². The van der Waals surface area contributed by atoms with Gasteiger partial charge < -0.3 is 24.3 Å². The number of nitrogens with one attached hydrogen (secondary N) is 1. The van der Waals surface area contributed by atoms with Gasteiger partial charge in [-0.15, -0.1) is 0 Å². The maximum atomic E-state index is 13.6. The third kappa shape index (κ3) is 6.72. The normalized spacial score (nSPS) is 17.4. The molecule has 43 heavy (non-hydrogen) atoms. The average molecular weight is 632 g/mol. The number of nitrogens with zero attached hydrogens (tertiary/aromatic N) is 2. The molecule has 0 bridgehead atoms. The van der Waals surface area contributed by atoms with Crippen molar-refractivity contribution in [1.29, 1.82) is 0 Å². The fourth-order valence-corrected chi connectivity index (χ4v) is 7.58. The predicted molar refractivity (Wildman–Crippen MR) is 158 cm³/mol. The second-order valence-electron chi connectivity index (χ2n) is 9.92. The molecule has 5 rings (SSSR count). The summed E-state index contributed by atoms with van der Waals surface area (Å²) in [6.07, 6.45) is -1.10. The minimum absolute atomic E-state index is 0.0537. The highest BCUT2D eigenvalue weighted by molar-refractivity contribution is 7.92. The van der Waals surface area contributed by atoms with Gasteiger partial charge in [-0.05, 0) is 73.2 Å². The summed E-state index contributed by atoms with van der Waals surface area (Å²) in [6.45, 7) is 3.16. The lowest BCUT2D eigenvalue weighted by atomic mass is 10.1. The maximum absolute atomic E-state index is 13.6. The van der Waals surface area contributed by atoms with Crippen LogP contribution in [-0.2, 0) is 29.6 Å². The number of sulfonamides is 2. The van der Waals surface area contributed by atoms with Gasteiger partial charge in [-0.3, -0.25) is 9.10 Å². The lowest BCUT2D eigenvalue weighted by Crippen LogP contribution is -2.51. The second-order valence-corrected chi connectivity index (χ2v) is 13.7. The molecule has 2 aliphatic heterocycles. The zero-order valence-electron chi connectivity index (χ0n) is 23.8. The predicted octanol–water partition coefficient (Wildman–Crippen LogP) is 2.18. The number of carbonyl (C=O) groups excluding carboxylic acids is 1. The molecule has 1 atom stereocenters. The summed E-state index contributed by atoms with van der Waals surface area (Å²) in [5.74, 6) is 0.736. The van der Waals surface area contributed by atoms with Gasteiger partial charge in [-0.2, -0.15) is 4.31 Å². The summed E-state index contributed by atoms with van der Waals surface area (Å²) >= 11 is 0. The van der Waals surface area contributed by atoms with Crippen LogP contribution in [0.3, 0.4) is 0 Å². The fraction of sp³-hybridized carbons (Fsp3) is 0.345. The lowest BCUT2D eigenvalue weighted by molar-refractivity contribution is -0.127. The van der Waals surface area contributed by atoms with Crippen molar-refractivity contribution < 1.29 is 40.6 Å². The van der Waals surface area contributed by atoms with Crippen LogP contribution in [0.25, 0.3) is 0 Å². The Morgan fingerprint density at radius 3 is 2.19 bits per heavy atom. The first-order valence-electron chi connectivity index (χ1n) is 13.6. The van der Waals surface area contributed by atoms with Crippen molar-refractivity contribution >= 4 is 31.6 Å². The van der Waals surface area contributed by atoms with E-state index >= 15 is 0 Å². The number of morpholine rings is 1. The van der Waals surface area contributed by atoms with Crippen molar-refractivity contribution in [3.63, 3.8) is 0 Å². The molecule has 2 aliphatic rings. The molecular weight excluding hydrogens is 598 g/mol. The number of hydrogen-bond donors (Lipinski definition) is 1. The largest absolute Gasteiger partial charge is 0.497 e. The van der Waals surface area contributed by atoms with Gasteiger partial charge in [-0.25, -0.2) is 16.8 Å². The topological polar surface area (TPSA) is 141 Å². The van der Waals surface area contributed by atoms with Crippen molar-refractivity contribution in [2.24, 2.45) is 0 Å². The fourth-order valence-electron chi connectivity index (χ4n) is 4.70. The van der Waals surface area contributed by atoms with Gasteiger partial charge >= 0.3 is 0 Å². The van der Waals surface area contributed by atoms with Crippen LogP contribution in [0, 0.1) is 6.92 Å². The van der Waals surface area contributed by atoms with E-state index in [-0.39, 0.29) is 35.2 Å². The van der Waals surface area contributed by atoms with Crippen LogP contribution in [0.2, 0.25) is 0 Å². The first-order valence-corrected chi connectivity index (χ1v) is 16.5. The van der Waals surface area contributed by atoms with Crippen molar-refractivity contribution in [2.75, 3.05) is 57.4 Å². The van der Waals surface area contributed by atoms with E-state index in [0.29, 0.717) is 43.5 Å². The minimum Gasteiger partial charge on any atom is -0.497 e. The molecule has 1 saturated heterocycles. The van der Waals surface area contributed by atoms with Gasteiger partial charge in [0.05, 0.1) is 48.9 Å². The zero-order valence-corrected chi connectivity index (χ0v) is 25.4. The van der Waals surface area contributed by atoms with Gasteiger partial charge in [0.15, 0.2) is 6.10 Å². The number of benzene rings is 3. The van der Waals surface area contributed by atoms with Crippen molar-refractivity contribution in [3.05, 3.63) is 72.3 Å². The molecule has 1 fully saturated rings. The van der Waals surface area contributed by atoms with Gasteiger partial charge in [0, 0.05) is 13.1 Å². The summed E-state index contributed by atoms with van der Waals surface area (Å²) in [6, 6.07) is 17.2. The number of anilines is 1. The van der Waals surface area contributed by atoms with Gasteiger partial charge in [0.2, 0.25) is 10.0 Å². The molecule has 0 aliphatic carbocycles. The molecule has 0 saturated carbocycles. The Hall–Kier alpha value is -3.85. The third-order valence-corrected chi connectivity index (χ3v) is 10.7. The standard InChI is InChI=1S/C29H33N3O9S2/c1-21-3-12-26-27(19-21)41-28(20-32(26)43(36,37)25-8-4-22(38-2)5-9-25)29(33)30-13-16-40-23-6-10-24(11-7-23)42(34,35)31-14-17-39-18-15-31/h3-12,19,28H,13-18,20H2,1-2H3,(H,30,33). The van der Waals surface area contributed by atoms with Crippen molar-refractivity contribution in [3.8, 4) is 17.2 Å². The van der Waals surface area contributed by atoms with Gasteiger partial charge in [0.25, 0.3) is 15.9 Å². The van der Waals surface area contributed by atoms with Crippen LogP contribution in [0.1, 0.15) is 5.56 Å². The van der Waals surface area contributed by atoms with Crippen LogP contribution in [0.15, 0.2) is 76.5 Å². The summed E-state index contributed by atoms with van der Waals surface area (Å²) < 4.78 is 77.4. The molecule has 2 heterocycles. The van der Waals surface area contributed by atoms with E-state index in [1.807, 2.05) is 6.92 Å². The molecule has 3 aromatic rings. The number of fused-ring (bicyclic) bond motifs is 1. The number of amides is 1. The van der Waals surface area contributed by atoms with Crippen LogP contribution < -0.4 is 23.8 Å². The number of hydrogen-bond acceptors (Lipinski definition) is 9. The second kappa shape index (κ2) is 12.8. The number of aryl methyl sites for hydroxylation is 1. The summed E-state index contributed by atoms with van der Waals surface area (Å²) in [5.41, 5.74) is 1.19. The number of ether oxygens (including phenoxy) is 4. The quantitative estimate of drug-likeness (QED) is 0.334. The van der Waals surface area contributed by atoms with Crippen LogP contribution >= 0.6 is 0 Å². The summed E-state index contributed by atoms with van der Waals surface area (Å²) in [5, 5.41) is 2.73. The Kier molecular flexibility index (Phi) is 9.11. The molecule has 14 heteroatoms. The number of methoxy groups -OCH3 is 1. The van der Waals surface area contributed by atoms with Crippen molar-refractivity contribution in [1.82, 2.24) is 9.62 Å². The Labute approximate surface area is 251 Å². The third-order valence-electron chi connectivity index (χ3n) is 7.03. The monoisotopic (exact) mass is 631 g/mol. The van der Waals surface area contributed by atoms with Crippen LogP contribution in [-0.4, -0.2) is 86.3 Å². The van der Waals surface area contributed by atoms with E-state index in [9.17, 15) is 21.6 Å². The van der Waals surface area contributed by atoms with Crippen LogP contribution in [0.4, 0.5) is 5.69 Å². The van der Waals surface area contributed by atoms with Gasteiger partial charge in [0.1, 0.15) is 23.9 Å². The van der Waals surface area contributed by atoms with E-state index < -0.39 is 32.1 Å². The van der Waals surface area contributed by atoms with Crippen LogP contribution in [0.5, 0.6) is 17.2 Å². The molecular formula is C29H33N3O9S2. The zero-order chi connectivity index (χ0) is 30.6. The highest BCUT2D eigenvalue weighted by atomic mass is 32.2. The number of rotatable bonds is 10. The van der Waals surface area contributed by atoms with E-state index in [1.165, 1.54) is 40.0 Å². The lowest BCUT2D eigenvalue weighted by Gasteiger charge is -2.35. The van der Waals surface area contributed by atoms with E-state index in [4.69, 9.17) is 18.9 Å². The van der Waals surface area contributed by atoms with E-state index in [0.717, 1.165) is 5.56 Å². The molecule has 1 amide bonds. The Morgan fingerprint density at radius 2 is 1.53 bits per heavy atom. The highest BCUT2D eigenvalue weighted by Gasteiger charge is 2.37. The highest BCUT2D eigenvalue weighted by Crippen LogP contribution is 2.38. The molecule has 1 unspecified atom stereocenters. The average Bonchev–Trinajstić information content (AvgIpc) is 3.03.